The van der Waals surface area contributed by atoms with Crippen LogP contribution < -0.4 is 5.06 Å². The summed E-state index contributed by atoms with van der Waals surface area (Å²) in [6.45, 7) is 6.56. The second kappa shape index (κ2) is 5.16. The molecule has 4 aliphatic rings. The van der Waals surface area contributed by atoms with E-state index in [2.05, 4.69) is 19.1 Å². The highest BCUT2D eigenvalue weighted by Crippen LogP contribution is 2.46. The Labute approximate surface area is 141 Å². The molecule has 0 aromatic heterocycles. The molecule has 2 bridgehead atoms. The molecular formula is C18H23NO5. The van der Waals surface area contributed by atoms with Crippen molar-refractivity contribution in [2.75, 3.05) is 11.7 Å². The van der Waals surface area contributed by atoms with Gasteiger partial charge in [0.25, 0.3) is 0 Å². The summed E-state index contributed by atoms with van der Waals surface area (Å²) in [6.07, 6.45) is -0.813. The summed E-state index contributed by atoms with van der Waals surface area (Å²) >= 11 is 0. The summed E-state index contributed by atoms with van der Waals surface area (Å²) in [6, 6.07) is 10.2. The number of nitrogens with zero attached hydrogens (tertiary/aromatic N) is 1. The van der Waals surface area contributed by atoms with Crippen LogP contribution in [0.15, 0.2) is 30.3 Å². The van der Waals surface area contributed by atoms with E-state index in [1.165, 1.54) is 0 Å². The molecule has 7 atom stereocenters. The largest absolute Gasteiger partial charge is 0.370 e. The van der Waals surface area contributed by atoms with Crippen LogP contribution in [0, 0.1) is 5.92 Å². The maximum Gasteiger partial charge on any atom is 0.190 e. The van der Waals surface area contributed by atoms with E-state index >= 15 is 0 Å². The highest BCUT2D eigenvalue weighted by molar-refractivity contribution is 5.46. The van der Waals surface area contributed by atoms with Crippen LogP contribution in [0.2, 0.25) is 0 Å². The second-order valence-electron chi connectivity index (χ2n) is 7.52. The van der Waals surface area contributed by atoms with Gasteiger partial charge in [0.1, 0.15) is 24.4 Å². The topological polar surface area (TPSA) is 49.4 Å². The van der Waals surface area contributed by atoms with Gasteiger partial charge in [-0.15, -0.1) is 0 Å². The van der Waals surface area contributed by atoms with Crippen molar-refractivity contribution < 1.29 is 23.8 Å². The third kappa shape index (κ3) is 2.14. The normalized spacial score (nSPS) is 45.8. The molecule has 4 heterocycles. The van der Waals surface area contributed by atoms with E-state index in [1.807, 2.05) is 37.1 Å². The Hall–Kier alpha value is -1.18. The molecule has 4 aliphatic heterocycles. The zero-order chi connectivity index (χ0) is 16.5. The summed E-state index contributed by atoms with van der Waals surface area (Å²) in [5.74, 6) is -0.331. The van der Waals surface area contributed by atoms with Gasteiger partial charge in [-0.25, -0.2) is 5.06 Å². The van der Waals surface area contributed by atoms with E-state index in [0.29, 0.717) is 12.5 Å². The van der Waals surface area contributed by atoms with Crippen LogP contribution in [-0.2, 0) is 23.8 Å². The van der Waals surface area contributed by atoms with Gasteiger partial charge < -0.3 is 18.9 Å². The summed E-state index contributed by atoms with van der Waals surface area (Å²) < 4.78 is 24.4. The second-order valence-corrected chi connectivity index (χ2v) is 7.52. The molecule has 5 rings (SSSR count). The number of benzene rings is 1. The number of rotatable bonds is 1. The van der Waals surface area contributed by atoms with Crippen LogP contribution in [0.3, 0.4) is 0 Å². The molecule has 0 aliphatic carbocycles. The van der Waals surface area contributed by atoms with Gasteiger partial charge in [0, 0.05) is 5.92 Å². The summed E-state index contributed by atoms with van der Waals surface area (Å²) in [4.78, 5) is 6.18. The van der Waals surface area contributed by atoms with Gasteiger partial charge in [0.05, 0.1) is 18.3 Å². The molecule has 4 fully saturated rings. The van der Waals surface area contributed by atoms with E-state index in [4.69, 9.17) is 23.8 Å². The van der Waals surface area contributed by atoms with Crippen molar-refractivity contribution in [3.05, 3.63) is 30.3 Å². The number of para-hydroxylation sites is 1. The number of fused-ring (bicyclic) bond motifs is 6. The van der Waals surface area contributed by atoms with E-state index < -0.39 is 5.79 Å². The molecule has 1 aromatic carbocycles. The smallest absolute Gasteiger partial charge is 0.190 e. The Morgan fingerprint density at radius 2 is 1.83 bits per heavy atom. The van der Waals surface area contributed by atoms with Gasteiger partial charge in [-0.3, -0.25) is 4.84 Å². The molecule has 0 spiro atoms. The highest BCUT2D eigenvalue weighted by Gasteiger charge is 2.62. The van der Waals surface area contributed by atoms with Gasteiger partial charge in [-0.2, -0.15) is 0 Å². The minimum Gasteiger partial charge on any atom is -0.370 e. The zero-order valence-electron chi connectivity index (χ0n) is 14.1. The molecule has 24 heavy (non-hydrogen) atoms. The molecule has 6 nitrogen and oxygen atoms in total. The number of hydrogen-bond donors (Lipinski definition) is 0. The summed E-state index contributed by atoms with van der Waals surface area (Å²) in [5.41, 5.74) is 1.04. The Morgan fingerprint density at radius 1 is 1.04 bits per heavy atom. The molecular weight excluding hydrogens is 310 g/mol. The maximum atomic E-state index is 6.26. The van der Waals surface area contributed by atoms with E-state index in [-0.39, 0.29) is 36.7 Å². The lowest BCUT2D eigenvalue weighted by atomic mass is 9.91. The average Bonchev–Trinajstić information content (AvgIpc) is 3.09. The van der Waals surface area contributed by atoms with Crippen molar-refractivity contribution in [3.8, 4) is 0 Å². The maximum absolute atomic E-state index is 6.26. The molecule has 0 N–H and O–H groups in total. The molecule has 1 aromatic rings. The summed E-state index contributed by atoms with van der Waals surface area (Å²) in [5, 5.41) is 2.00. The van der Waals surface area contributed by atoms with Crippen molar-refractivity contribution in [1.29, 1.82) is 0 Å². The third-order valence-corrected chi connectivity index (χ3v) is 5.47. The van der Waals surface area contributed by atoms with Crippen molar-refractivity contribution in [2.24, 2.45) is 5.92 Å². The van der Waals surface area contributed by atoms with Gasteiger partial charge in [0.15, 0.2) is 12.1 Å². The highest BCUT2D eigenvalue weighted by atomic mass is 16.8. The average molecular weight is 333 g/mol. The fourth-order valence-electron chi connectivity index (χ4n) is 4.34. The van der Waals surface area contributed by atoms with Crippen LogP contribution in [0.1, 0.15) is 20.8 Å². The number of ether oxygens (including phenoxy) is 4. The lowest BCUT2D eigenvalue weighted by Crippen LogP contribution is -2.49. The van der Waals surface area contributed by atoms with Crippen LogP contribution in [0.5, 0.6) is 0 Å². The van der Waals surface area contributed by atoms with Gasteiger partial charge in [-0.05, 0) is 26.0 Å². The molecule has 130 valence electrons. The predicted molar refractivity (Wildman–Crippen MR) is 85.2 cm³/mol. The van der Waals surface area contributed by atoms with E-state index in [0.717, 1.165) is 5.69 Å². The van der Waals surface area contributed by atoms with E-state index in [9.17, 15) is 0 Å². The number of hydrogen-bond acceptors (Lipinski definition) is 6. The predicted octanol–water partition coefficient (Wildman–Crippen LogP) is 2.09. The quantitative estimate of drug-likeness (QED) is 0.784. The SMILES string of the molecule is C[C@H]1C2CO[C@H]3C(O[C@@H]4OC(C)(C)O[C@@H]43)C1N(c1ccccc1)O2. The van der Waals surface area contributed by atoms with Gasteiger partial charge >= 0.3 is 0 Å². The first-order valence-corrected chi connectivity index (χ1v) is 8.67. The first-order valence-electron chi connectivity index (χ1n) is 8.67. The van der Waals surface area contributed by atoms with E-state index in [1.54, 1.807) is 0 Å². The van der Waals surface area contributed by atoms with Crippen LogP contribution >= 0.6 is 0 Å². The van der Waals surface area contributed by atoms with Crippen molar-refractivity contribution >= 4 is 5.69 Å². The minimum atomic E-state index is -0.629. The number of anilines is 1. The molecule has 3 unspecified atom stereocenters. The molecule has 0 saturated carbocycles. The first kappa shape index (κ1) is 15.1. The monoisotopic (exact) mass is 333 g/mol. The fraction of sp³-hybridized carbons (Fsp3) is 0.667. The van der Waals surface area contributed by atoms with Crippen molar-refractivity contribution in [2.45, 2.75) is 63.3 Å². The Kier molecular flexibility index (Phi) is 3.25. The molecule has 0 radical (unpaired) electrons. The molecule has 6 heteroatoms. The molecule has 4 saturated heterocycles. The van der Waals surface area contributed by atoms with Crippen molar-refractivity contribution in [1.82, 2.24) is 0 Å². The van der Waals surface area contributed by atoms with Crippen LogP contribution in [0.4, 0.5) is 5.69 Å². The number of hydroxylamine groups is 1. The molecule has 0 amide bonds. The Bertz CT molecular complexity index is 623. The fourth-order valence-corrected chi connectivity index (χ4v) is 4.34. The van der Waals surface area contributed by atoms with Crippen molar-refractivity contribution in [3.63, 3.8) is 0 Å². The Balaban J connectivity index is 1.48. The van der Waals surface area contributed by atoms with Crippen LogP contribution in [0.25, 0.3) is 0 Å². The lowest BCUT2D eigenvalue weighted by Gasteiger charge is -2.34. The lowest BCUT2D eigenvalue weighted by molar-refractivity contribution is -0.222. The first-order chi connectivity index (χ1) is 11.5. The third-order valence-electron chi connectivity index (χ3n) is 5.47. The minimum absolute atomic E-state index is 0.0261. The Morgan fingerprint density at radius 3 is 2.62 bits per heavy atom. The zero-order valence-corrected chi connectivity index (χ0v) is 14.1. The summed E-state index contributed by atoms with van der Waals surface area (Å²) in [7, 11) is 0. The van der Waals surface area contributed by atoms with Gasteiger partial charge in [0.2, 0.25) is 0 Å². The standard InChI is InChI=1S/C18H23NO5/c1-10-12-9-20-15-14(21-17-16(15)22-18(2,3)23-17)13(10)19(24-12)11-7-5-4-6-8-11/h4-8,10,12-17H,9H2,1-3H3/t10-,12?,13?,14?,15-,16+,17+/m0/s1. The van der Waals surface area contributed by atoms with Gasteiger partial charge in [-0.1, -0.05) is 25.1 Å². The van der Waals surface area contributed by atoms with Crippen LogP contribution in [-0.4, -0.2) is 49.1 Å².